The first-order chi connectivity index (χ1) is 12.9. The van der Waals surface area contributed by atoms with Crippen molar-refractivity contribution in [3.8, 4) is 5.69 Å². The topological polar surface area (TPSA) is 80.2 Å². The third-order valence-corrected chi connectivity index (χ3v) is 4.70. The van der Waals surface area contributed by atoms with Gasteiger partial charge in [-0.15, -0.1) is 0 Å². The number of imide groups is 2. The predicted molar refractivity (Wildman–Crippen MR) is 102 cm³/mol. The van der Waals surface area contributed by atoms with Crippen molar-refractivity contribution in [3.63, 3.8) is 0 Å². The zero-order valence-electron chi connectivity index (χ0n) is 14.9. The molecule has 4 amide bonds. The Kier molecular flexibility index (Phi) is 3.88. The van der Waals surface area contributed by atoms with Gasteiger partial charge in [0.1, 0.15) is 5.57 Å². The lowest BCUT2D eigenvalue weighted by atomic mass is 10.1. The fourth-order valence-electron chi connectivity index (χ4n) is 3.41. The molecule has 0 aliphatic carbocycles. The number of amides is 4. The van der Waals surface area contributed by atoms with Gasteiger partial charge in [0.2, 0.25) is 0 Å². The molecule has 1 aliphatic rings. The van der Waals surface area contributed by atoms with Crippen LogP contribution in [0.4, 0.5) is 4.79 Å². The Bertz CT molecular complexity index is 1130. The molecule has 2 heterocycles. The first-order valence-electron chi connectivity index (χ1n) is 8.50. The Balaban J connectivity index is 1.80. The Morgan fingerprint density at radius 2 is 1.52 bits per heavy atom. The monoisotopic (exact) mass is 359 g/mol. The molecule has 0 unspecified atom stereocenters. The maximum absolute atomic E-state index is 12.0. The quantitative estimate of drug-likeness (QED) is 0.545. The molecule has 1 fully saturated rings. The highest BCUT2D eigenvalue weighted by atomic mass is 16.2. The number of benzene rings is 2. The van der Waals surface area contributed by atoms with Crippen LogP contribution in [0, 0.1) is 13.8 Å². The third-order valence-electron chi connectivity index (χ3n) is 4.70. The van der Waals surface area contributed by atoms with Gasteiger partial charge >= 0.3 is 6.03 Å². The van der Waals surface area contributed by atoms with Crippen LogP contribution in [0.5, 0.6) is 0 Å². The molecule has 0 saturated carbocycles. The maximum atomic E-state index is 12.0. The first-order valence-corrected chi connectivity index (χ1v) is 8.50. The van der Waals surface area contributed by atoms with Crippen LogP contribution in [0.1, 0.15) is 17.0 Å². The van der Waals surface area contributed by atoms with Crippen LogP contribution in [0.15, 0.2) is 54.1 Å². The van der Waals surface area contributed by atoms with E-state index in [2.05, 4.69) is 39.5 Å². The average molecular weight is 359 g/mol. The van der Waals surface area contributed by atoms with Crippen molar-refractivity contribution in [1.82, 2.24) is 15.2 Å². The molecule has 0 radical (unpaired) electrons. The van der Waals surface area contributed by atoms with Crippen LogP contribution in [-0.2, 0) is 9.59 Å². The molecular formula is C21H17N3O3. The normalized spacial score (nSPS) is 14.3. The molecule has 134 valence electrons. The number of nitrogens with zero attached hydrogens (tertiary/aromatic N) is 1. The first kappa shape index (κ1) is 16.8. The molecule has 6 nitrogen and oxygen atoms in total. The van der Waals surface area contributed by atoms with E-state index in [-0.39, 0.29) is 5.57 Å². The lowest BCUT2D eigenvalue weighted by Gasteiger charge is -2.14. The summed E-state index contributed by atoms with van der Waals surface area (Å²) in [6.07, 6.45) is 1.51. The second-order valence-electron chi connectivity index (χ2n) is 6.49. The number of carbonyl (C=O) groups excluding carboxylic acids is 3. The Labute approximate surface area is 155 Å². The molecular weight excluding hydrogens is 342 g/mol. The Morgan fingerprint density at radius 1 is 0.852 bits per heavy atom. The van der Waals surface area contributed by atoms with Gasteiger partial charge in [0.05, 0.1) is 0 Å². The van der Waals surface area contributed by atoms with E-state index in [9.17, 15) is 14.4 Å². The van der Waals surface area contributed by atoms with Crippen LogP contribution in [-0.4, -0.2) is 22.4 Å². The number of urea groups is 1. The van der Waals surface area contributed by atoms with Crippen LogP contribution in [0.3, 0.4) is 0 Å². The van der Waals surface area contributed by atoms with Gasteiger partial charge in [-0.3, -0.25) is 20.2 Å². The summed E-state index contributed by atoms with van der Waals surface area (Å²) in [5.41, 5.74) is 3.53. The highest BCUT2D eigenvalue weighted by molar-refractivity contribution is 6.31. The molecule has 1 aromatic heterocycles. The van der Waals surface area contributed by atoms with Crippen molar-refractivity contribution in [3.05, 3.63) is 71.1 Å². The van der Waals surface area contributed by atoms with Crippen molar-refractivity contribution >= 4 is 34.7 Å². The van der Waals surface area contributed by atoms with Gasteiger partial charge in [-0.2, -0.15) is 0 Å². The van der Waals surface area contributed by atoms with E-state index in [0.29, 0.717) is 0 Å². The number of aromatic nitrogens is 1. The molecule has 4 rings (SSSR count). The molecule has 1 aliphatic heterocycles. The highest BCUT2D eigenvalue weighted by Gasteiger charge is 2.28. The molecule has 2 N–H and O–H groups in total. The number of hydrogen-bond acceptors (Lipinski definition) is 3. The van der Waals surface area contributed by atoms with E-state index in [0.717, 1.165) is 33.4 Å². The standard InChI is InChI=1S/C21H17N3O3/c1-12-9-16(11-18-19(25)22-21(27)23-20(18)26)13(2)24(12)17-8-7-14-5-3-4-6-15(14)10-17/h3-11H,1-2H3,(H2,22,23,25,26,27). The average Bonchev–Trinajstić information content (AvgIpc) is 2.91. The summed E-state index contributed by atoms with van der Waals surface area (Å²) in [7, 11) is 0. The SMILES string of the molecule is Cc1cc(C=C2C(=O)NC(=O)NC2=O)c(C)n1-c1ccc2ccccc2c1. The maximum Gasteiger partial charge on any atom is 0.328 e. The molecule has 3 aromatic rings. The fourth-order valence-corrected chi connectivity index (χ4v) is 3.41. The van der Waals surface area contributed by atoms with Crippen LogP contribution < -0.4 is 10.6 Å². The van der Waals surface area contributed by atoms with E-state index >= 15 is 0 Å². The minimum Gasteiger partial charge on any atom is -0.318 e. The van der Waals surface area contributed by atoms with E-state index in [1.54, 1.807) is 0 Å². The summed E-state index contributed by atoms with van der Waals surface area (Å²) in [5, 5.41) is 6.47. The summed E-state index contributed by atoms with van der Waals surface area (Å²) >= 11 is 0. The van der Waals surface area contributed by atoms with Crippen LogP contribution >= 0.6 is 0 Å². The molecule has 0 atom stereocenters. The molecule has 27 heavy (non-hydrogen) atoms. The number of nitrogens with one attached hydrogen (secondary N) is 2. The summed E-state index contributed by atoms with van der Waals surface area (Å²) in [4.78, 5) is 35.1. The highest BCUT2D eigenvalue weighted by Crippen LogP contribution is 2.25. The van der Waals surface area contributed by atoms with Gasteiger partial charge in [0.15, 0.2) is 0 Å². The second kappa shape index (κ2) is 6.25. The van der Waals surface area contributed by atoms with E-state index < -0.39 is 17.8 Å². The van der Waals surface area contributed by atoms with Gasteiger partial charge in [-0.1, -0.05) is 30.3 Å². The van der Waals surface area contributed by atoms with E-state index in [1.165, 1.54) is 6.08 Å². The number of barbiturate groups is 1. The lowest BCUT2D eigenvalue weighted by Crippen LogP contribution is -2.51. The number of hydrogen-bond donors (Lipinski definition) is 2. The molecule has 0 bridgehead atoms. The van der Waals surface area contributed by atoms with Crippen molar-refractivity contribution in [1.29, 1.82) is 0 Å². The molecule has 2 aromatic carbocycles. The van der Waals surface area contributed by atoms with Crippen molar-refractivity contribution < 1.29 is 14.4 Å². The summed E-state index contributed by atoms with van der Waals surface area (Å²) < 4.78 is 2.07. The van der Waals surface area contributed by atoms with Gasteiger partial charge in [-0.05, 0) is 54.5 Å². The van der Waals surface area contributed by atoms with Gasteiger partial charge in [0, 0.05) is 17.1 Å². The third kappa shape index (κ3) is 2.91. The van der Waals surface area contributed by atoms with Crippen LogP contribution in [0.2, 0.25) is 0 Å². The summed E-state index contributed by atoms with van der Waals surface area (Å²) in [5.74, 6) is -1.39. The molecule has 6 heteroatoms. The number of aryl methyl sites for hydroxylation is 1. The second-order valence-corrected chi connectivity index (χ2v) is 6.49. The van der Waals surface area contributed by atoms with Gasteiger partial charge in [0.25, 0.3) is 11.8 Å². The zero-order chi connectivity index (χ0) is 19.1. The largest absolute Gasteiger partial charge is 0.328 e. The minimum absolute atomic E-state index is 0.0895. The predicted octanol–water partition coefficient (Wildman–Crippen LogP) is 3.00. The van der Waals surface area contributed by atoms with Crippen molar-refractivity contribution in [2.75, 3.05) is 0 Å². The number of fused-ring (bicyclic) bond motifs is 1. The van der Waals surface area contributed by atoms with E-state index in [1.807, 2.05) is 38.1 Å². The lowest BCUT2D eigenvalue weighted by molar-refractivity contribution is -0.123. The smallest absolute Gasteiger partial charge is 0.318 e. The van der Waals surface area contributed by atoms with Crippen molar-refractivity contribution in [2.24, 2.45) is 0 Å². The molecule has 0 spiro atoms. The molecule has 1 saturated heterocycles. The number of carbonyl (C=O) groups is 3. The van der Waals surface area contributed by atoms with E-state index in [4.69, 9.17) is 0 Å². The number of rotatable bonds is 2. The van der Waals surface area contributed by atoms with Gasteiger partial charge < -0.3 is 4.57 Å². The summed E-state index contributed by atoms with van der Waals surface area (Å²) in [6, 6.07) is 15.4. The van der Waals surface area contributed by atoms with Crippen LogP contribution in [0.25, 0.3) is 22.5 Å². The minimum atomic E-state index is -0.802. The van der Waals surface area contributed by atoms with Gasteiger partial charge in [-0.25, -0.2) is 4.79 Å². The van der Waals surface area contributed by atoms with Crippen molar-refractivity contribution in [2.45, 2.75) is 13.8 Å². The Morgan fingerprint density at radius 3 is 2.22 bits per heavy atom. The Hall–Kier alpha value is -3.67. The zero-order valence-corrected chi connectivity index (χ0v) is 14.9. The summed E-state index contributed by atoms with van der Waals surface area (Å²) in [6.45, 7) is 3.90. The fraction of sp³-hybridized carbons (Fsp3) is 0.0952.